The lowest BCUT2D eigenvalue weighted by atomic mass is 9.97. The van der Waals surface area contributed by atoms with Crippen LogP contribution in [0.3, 0.4) is 0 Å². The number of ether oxygens (including phenoxy) is 1. The second kappa shape index (κ2) is 11.3. The van der Waals surface area contributed by atoms with Crippen LogP contribution < -0.4 is 15.4 Å². The third kappa shape index (κ3) is 5.89. The van der Waals surface area contributed by atoms with Crippen molar-refractivity contribution in [3.8, 4) is 11.9 Å². The molecule has 2 aliphatic carbocycles. The molecule has 2 aliphatic heterocycles. The van der Waals surface area contributed by atoms with E-state index in [-0.39, 0.29) is 36.2 Å². The van der Waals surface area contributed by atoms with Crippen LogP contribution in [-0.2, 0) is 14.4 Å². The summed E-state index contributed by atoms with van der Waals surface area (Å²) in [4.78, 5) is 61.3. The van der Waals surface area contributed by atoms with Crippen LogP contribution in [0.5, 0.6) is 5.88 Å². The summed E-state index contributed by atoms with van der Waals surface area (Å²) in [5.41, 5.74) is -0.844. The lowest BCUT2D eigenvalue weighted by Gasteiger charge is -2.35. The number of hydrogen-bond donors (Lipinski definition) is 2. The van der Waals surface area contributed by atoms with Crippen LogP contribution in [0.15, 0.2) is 42.6 Å². The van der Waals surface area contributed by atoms with Crippen LogP contribution in [0, 0.1) is 29.0 Å². The molecule has 12 heteroatoms. The molecule has 1 aromatic heterocycles. The van der Waals surface area contributed by atoms with Crippen LogP contribution in [0.2, 0.25) is 0 Å². The molecule has 11 nitrogen and oxygen atoms in total. The molecule has 3 heterocycles. The minimum absolute atomic E-state index is 0.0388. The van der Waals surface area contributed by atoms with E-state index < -0.39 is 53.2 Å². The number of carbonyl (C=O) groups excluding carboxylic acids is 4. The molecule has 4 atom stereocenters. The fraction of sp³-hybridized carbons (Fsp3) is 0.484. The third-order valence-corrected chi connectivity index (χ3v) is 8.81. The molecule has 224 valence electrons. The number of hydrogen-bond acceptors (Lipinski definition) is 7. The number of amides is 4. The average molecular weight is 589 g/mol. The first-order valence-corrected chi connectivity index (χ1v) is 14.7. The molecule has 1 saturated heterocycles. The molecule has 4 amide bonds. The number of nitrogens with zero attached hydrogens (tertiary/aromatic N) is 4. The first-order chi connectivity index (χ1) is 20.7. The Balaban J connectivity index is 1.22. The predicted molar refractivity (Wildman–Crippen MR) is 151 cm³/mol. The molecule has 2 aromatic rings. The van der Waals surface area contributed by atoms with E-state index in [0.717, 1.165) is 25.7 Å². The molecule has 0 radical (unpaired) electrons. The van der Waals surface area contributed by atoms with Crippen molar-refractivity contribution in [2.45, 2.75) is 68.7 Å². The summed E-state index contributed by atoms with van der Waals surface area (Å²) >= 11 is 0. The van der Waals surface area contributed by atoms with Crippen molar-refractivity contribution in [3.63, 3.8) is 0 Å². The molecule has 43 heavy (non-hydrogen) atoms. The van der Waals surface area contributed by atoms with E-state index in [1.165, 1.54) is 40.3 Å². The van der Waals surface area contributed by atoms with Crippen LogP contribution in [0.25, 0.3) is 0 Å². The Kier molecular flexibility index (Phi) is 7.50. The molecular weight excluding hydrogens is 555 g/mol. The number of halogens is 1. The van der Waals surface area contributed by atoms with Gasteiger partial charge in [-0.15, -0.1) is 0 Å². The fourth-order valence-corrected chi connectivity index (χ4v) is 5.93. The zero-order chi connectivity index (χ0) is 30.3. The van der Waals surface area contributed by atoms with Crippen molar-refractivity contribution in [1.82, 2.24) is 20.1 Å². The van der Waals surface area contributed by atoms with Gasteiger partial charge in [-0.05, 0) is 61.1 Å². The Morgan fingerprint density at radius 1 is 1.19 bits per heavy atom. The summed E-state index contributed by atoms with van der Waals surface area (Å²) < 4.78 is 19.5. The summed E-state index contributed by atoms with van der Waals surface area (Å²) in [5, 5.41) is 15.6. The molecule has 0 unspecified atom stereocenters. The number of anilines is 1. The lowest BCUT2D eigenvalue weighted by Crippen LogP contribution is -2.57. The highest BCUT2D eigenvalue weighted by molar-refractivity contribution is 6.02. The molecule has 4 aliphatic rings. The van der Waals surface area contributed by atoms with E-state index in [1.807, 2.05) is 0 Å². The average Bonchev–Trinajstić information content (AvgIpc) is 3.95. The van der Waals surface area contributed by atoms with E-state index in [9.17, 15) is 28.8 Å². The monoisotopic (exact) mass is 588 g/mol. The highest BCUT2D eigenvalue weighted by atomic mass is 19.1. The lowest BCUT2D eigenvalue weighted by molar-refractivity contribution is -0.147. The maximum atomic E-state index is 14.2. The summed E-state index contributed by atoms with van der Waals surface area (Å²) in [6, 6.07) is 7.82. The first kappa shape index (κ1) is 28.6. The molecule has 3 fully saturated rings. The van der Waals surface area contributed by atoms with Crippen molar-refractivity contribution in [1.29, 1.82) is 5.26 Å². The number of fused-ring (bicyclic) bond motifs is 1. The Bertz CT molecular complexity index is 1490. The number of pyridine rings is 1. The van der Waals surface area contributed by atoms with Gasteiger partial charge in [0.15, 0.2) is 0 Å². The summed E-state index contributed by atoms with van der Waals surface area (Å²) in [7, 11) is 1.55. The van der Waals surface area contributed by atoms with Gasteiger partial charge >= 0.3 is 0 Å². The van der Waals surface area contributed by atoms with E-state index in [2.05, 4.69) is 21.7 Å². The molecule has 0 bridgehead atoms. The van der Waals surface area contributed by atoms with Gasteiger partial charge in [0.1, 0.15) is 29.6 Å². The van der Waals surface area contributed by atoms with Crippen molar-refractivity contribution in [2.75, 3.05) is 18.9 Å². The van der Waals surface area contributed by atoms with E-state index in [0.29, 0.717) is 18.5 Å². The normalized spacial score (nSPS) is 23.8. The Labute approximate surface area is 248 Å². The number of benzene rings is 1. The van der Waals surface area contributed by atoms with Gasteiger partial charge in [-0.3, -0.25) is 19.2 Å². The number of nitrogens with one attached hydrogen (secondary N) is 2. The van der Waals surface area contributed by atoms with Crippen LogP contribution in [-0.4, -0.2) is 75.7 Å². The zero-order valence-corrected chi connectivity index (χ0v) is 23.8. The van der Waals surface area contributed by atoms with Crippen molar-refractivity contribution in [3.05, 3.63) is 54.0 Å². The van der Waals surface area contributed by atoms with Gasteiger partial charge in [0.2, 0.25) is 23.3 Å². The maximum absolute atomic E-state index is 14.2. The second-order valence-corrected chi connectivity index (χ2v) is 12.1. The van der Waals surface area contributed by atoms with Crippen LogP contribution in [0.4, 0.5) is 10.1 Å². The minimum Gasteiger partial charge on any atom is -0.457 e. The van der Waals surface area contributed by atoms with Crippen molar-refractivity contribution >= 4 is 29.3 Å². The molecular formula is C31H33FN6O5. The fourth-order valence-electron chi connectivity index (χ4n) is 5.93. The third-order valence-electron chi connectivity index (χ3n) is 8.81. The van der Waals surface area contributed by atoms with Crippen molar-refractivity contribution < 1.29 is 28.3 Å². The predicted octanol–water partition coefficient (Wildman–Crippen LogP) is 2.64. The number of likely N-dealkylation sites (N-methyl/N-ethyl adjacent to an activating group) is 1. The number of likely N-dealkylation sites (tertiary alicyclic amines) is 1. The molecule has 1 spiro atoms. The number of rotatable bonds is 9. The van der Waals surface area contributed by atoms with E-state index >= 15 is 0 Å². The van der Waals surface area contributed by atoms with Gasteiger partial charge in [0.05, 0.1) is 12.6 Å². The maximum Gasteiger partial charge on any atom is 0.270 e. The van der Waals surface area contributed by atoms with Gasteiger partial charge in [0.25, 0.3) is 11.8 Å². The smallest absolute Gasteiger partial charge is 0.270 e. The summed E-state index contributed by atoms with van der Waals surface area (Å²) in [6.45, 7) is -0.165. The molecule has 2 N–H and O–H groups in total. The van der Waals surface area contributed by atoms with Gasteiger partial charge in [-0.1, -0.05) is 25.7 Å². The SMILES string of the molecule is CN(C(=O)[C@H](CC1CC1)NC(=O)c1ccc(F)cc1)[C@@H](CC1CC1)C(=O)N1C[C@@]2(C[C@H]1C#N)Oc1ncccc1NC2=O. The minimum atomic E-state index is -1.48. The molecule has 2 saturated carbocycles. The highest BCUT2D eigenvalue weighted by Gasteiger charge is 2.57. The molecule has 6 rings (SSSR count). The van der Waals surface area contributed by atoms with E-state index in [1.54, 1.807) is 19.2 Å². The quantitative estimate of drug-likeness (QED) is 0.458. The zero-order valence-electron chi connectivity index (χ0n) is 23.8. The van der Waals surface area contributed by atoms with Gasteiger partial charge in [-0.2, -0.15) is 5.26 Å². The highest BCUT2D eigenvalue weighted by Crippen LogP contribution is 2.41. The summed E-state index contributed by atoms with van der Waals surface area (Å²) in [6.07, 6.45) is 6.08. The number of carbonyl (C=O) groups is 4. The standard InChI is InChI=1S/C31H33FN6O5/c1-37(28(40)24(13-18-4-5-18)35-26(39)20-8-10-21(32)11-9-20)25(14-19-6-7-19)29(41)38-17-31(15-22(38)16-33)30(42)36-23-3-2-12-34-27(23)43-31/h2-3,8-12,18-19,22,24-25H,4-7,13-15,17H2,1H3,(H,35,39)(H,36,42)/t22-,24-,25-,31+/m0/s1. The van der Waals surface area contributed by atoms with Crippen molar-refractivity contribution in [2.24, 2.45) is 11.8 Å². The Morgan fingerprint density at radius 3 is 2.56 bits per heavy atom. The van der Waals surface area contributed by atoms with Gasteiger partial charge in [-0.25, -0.2) is 9.37 Å². The van der Waals surface area contributed by atoms with E-state index in [4.69, 9.17) is 4.74 Å². The van der Waals surface area contributed by atoms with Gasteiger partial charge < -0.3 is 25.2 Å². The Morgan fingerprint density at radius 2 is 1.88 bits per heavy atom. The molecule has 1 aromatic carbocycles. The van der Waals surface area contributed by atoms with Crippen LogP contribution >= 0.6 is 0 Å². The Hall–Kier alpha value is -4.53. The summed E-state index contributed by atoms with van der Waals surface area (Å²) in [5.74, 6) is -1.53. The largest absolute Gasteiger partial charge is 0.457 e. The topological polar surface area (TPSA) is 145 Å². The van der Waals surface area contributed by atoms with Gasteiger partial charge in [0, 0.05) is 25.2 Å². The number of nitriles is 1. The van der Waals surface area contributed by atoms with Crippen LogP contribution in [0.1, 0.15) is 55.3 Å². The first-order valence-electron chi connectivity index (χ1n) is 14.7. The number of aromatic nitrogens is 1. The second-order valence-electron chi connectivity index (χ2n) is 12.1.